The van der Waals surface area contributed by atoms with Crippen molar-refractivity contribution in [2.24, 2.45) is 0 Å². The van der Waals surface area contributed by atoms with E-state index in [4.69, 9.17) is 13.8 Å². The minimum Gasteiger partial charge on any atom is -0.378 e. The first kappa shape index (κ1) is 44.1. The van der Waals surface area contributed by atoms with Gasteiger partial charge in [-0.05, 0) is 119 Å². The zero-order chi connectivity index (χ0) is 41.0. The van der Waals surface area contributed by atoms with Gasteiger partial charge in [-0.1, -0.05) is 48.5 Å². The van der Waals surface area contributed by atoms with Crippen molar-refractivity contribution in [3.8, 4) is 0 Å². The number of urea groups is 2. The molecular weight excluding hydrogens is 750 g/mol. The molecule has 0 spiro atoms. The Morgan fingerprint density at radius 2 is 1.09 bits per heavy atom. The van der Waals surface area contributed by atoms with E-state index < -0.39 is 32.3 Å². The fraction of sp³-hybridized carbons (Fsp3) is 0.357. The summed E-state index contributed by atoms with van der Waals surface area (Å²) < 4.78 is 45.2. The van der Waals surface area contributed by atoms with Crippen molar-refractivity contribution < 1.29 is 37.3 Å². The number of rotatable bonds is 18. The minimum absolute atomic E-state index is 0.0890. The summed E-state index contributed by atoms with van der Waals surface area (Å²) in [5.41, 5.74) is 6.10. The second-order valence-electron chi connectivity index (χ2n) is 13.4. The topological polar surface area (TPSA) is 161 Å². The van der Waals surface area contributed by atoms with Gasteiger partial charge >= 0.3 is 19.4 Å². The maximum atomic E-state index is 14.1. The van der Waals surface area contributed by atoms with E-state index >= 15 is 0 Å². The van der Waals surface area contributed by atoms with E-state index in [1.165, 1.54) is 0 Å². The van der Waals surface area contributed by atoms with E-state index in [2.05, 4.69) is 21.3 Å². The SMILES string of the molecule is CCOP(=O)(Cc1c(C)cc(C)c(NC(=O)NCCOCCNC(=O)Nc2c(C)cc(C)c(C(=O)P(=O)(OCC)c3ccccc3)c2C)c1C)c1ccccc1. The second kappa shape index (κ2) is 20.0. The fourth-order valence-corrected chi connectivity index (χ4v) is 11.2. The largest absolute Gasteiger partial charge is 0.378 e. The molecule has 0 saturated carbocycles. The summed E-state index contributed by atoms with van der Waals surface area (Å²) in [5.74, 6) is 0. The number of benzene rings is 4. The van der Waals surface area contributed by atoms with Gasteiger partial charge in [-0.15, -0.1) is 0 Å². The highest BCUT2D eigenvalue weighted by Crippen LogP contribution is 2.52. The summed E-state index contributed by atoms with van der Waals surface area (Å²) in [6.45, 7) is 15.8. The molecule has 12 nitrogen and oxygen atoms in total. The Hall–Kier alpha value is -4.57. The van der Waals surface area contributed by atoms with Crippen LogP contribution >= 0.6 is 14.7 Å². The van der Waals surface area contributed by atoms with E-state index in [0.29, 0.717) is 39.7 Å². The number of hydrogen-bond acceptors (Lipinski definition) is 8. The monoisotopic (exact) mass is 804 g/mol. The van der Waals surface area contributed by atoms with Crippen LogP contribution < -0.4 is 31.9 Å². The molecule has 2 atom stereocenters. The third-order valence-corrected chi connectivity index (χ3v) is 14.2. The summed E-state index contributed by atoms with van der Waals surface area (Å²) in [4.78, 5) is 39.7. The third-order valence-electron chi connectivity index (χ3n) is 9.39. The van der Waals surface area contributed by atoms with Crippen molar-refractivity contribution in [3.63, 3.8) is 0 Å². The number of anilines is 2. The molecule has 56 heavy (non-hydrogen) atoms. The normalized spacial score (nSPS) is 13.3. The molecule has 0 heterocycles. The van der Waals surface area contributed by atoms with Crippen LogP contribution in [0.5, 0.6) is 0 Å². The van der Waals surface area contributed by atoms with Crippen LogP contribution in [-0.4, -0.2) is 57.1 Å². The lowest BCUT2D eigenvalue weighted by atomic mass is 9.98. The number of ether oxygens (including phenoxy) is 1. The predicted octanol–water partition coefficient (Wildman–Crippen LogP) is 8.42. The molecule has 0 aliphatic heterocycles. The predicted molar refractivity (Wildman–Crippen MR) is 225 cm³/mol. The first-order valence-corrected chi connectivity index (χ1v) is 22.1. The van der Waals surface area contributed by atoms with Crippen LogP contribution in [0, 0.1) is 41.5 Å². The molecule has 4 amide bonds. The summed E-state index contributed by atoms with van der Waals surface area (Å²) >= 11 is 0. The maximum absolute atomic E-state index is 14.1. The van der Waals surface area contributed by atoms with Gasteiger partial charge in [-0.25, -0.2) is 9.59 Å². The number of amides is 4. The van der Waals surface area contributed by atoms with Crippen LogP contribution in [0.1, 0.15) is 63.1 Å². The van der Waals surface area contributed by atoms with Crippen LogP contribution in [0.25, 0.3) is 0 Å². The molecule has 0 aliphatic carbocycles. The second-order valence-corrected chi connectivity index (χ2v) is 18.2. The molecule has 0 radical (unpaired) electrons. The van der Waals surface area contributed by atoms with Gasteiger partial charge in [0, 0.05) is 40.6 Å². The number of hydrogen-bond donors (Lipinski definition) is 4. The van der Waals surface area contributed by atoms with Crippen molar-refractivity contribution in [1.29, 1.82) is 0 Å². The molecule has 4 N–H and O–H groups in total. The standard InChI is InChI=1S/C42H54N4O8P2/c1-9-53-55(50,34-17-13-11-14-18-34)27-36-28(3)25-30(5)38(32(36)7)45-41(48)43-21-23-52-24-22-44-42(49)46-39-31(6)26-29(4)37(33(39)8)40(47)56(51,54-10-2)35-19-15-12-16-20-35/h11-20,25-26H,9-10,21-24,27H2,1-8H3,(H2,43,45,48)(H2,44,46,49). The van der Waals surface area contributed by atoms with Gasteiger partial charge in [-0.2, -0.15) is 0 Å². The third kappa shape index (κ3) is 10.6. The van der Waals surface area contributed by atoms with Crippen LogP contribution in [0.15, 0.2) is 72.8 Å². The first-order valence-electron chi connectivity index (χ1n) is 18.7. The van der Waals surface area contributed by atoms with Gasteiger partial charge in [0.15, 0.2) is 0 Å². The summed E-state index contributed by atoms with van der Waals surface area (Å²) in [7, 11) is -7.12. The van der Waals surface area contributed by atoms with E-state index in [9.17, 15) is 23.5 Å². The lowest BCUT2D eigenvalue weighted by Gasteiger charge is -2.23. The molecule has 0 fully saturated rings. The first-order chi connectivity index (χ1) is 26.7. The van der Waals surface area contributed by atoms with E-state index in [1.54, 1.807) is 57.2 Å². The van der Waals surface area contributed by atoms with Crippen LogP contribution in [0.3, 0.4) is 0 Å². The van der Waals surface area contributed by atoms with Gasteiger partial charge in [0.05, 0.1) is 32.6 Å². The Balaban J connectivity index is 1.28. The molecule has 0 bridgehead atoms. The van der Waals surface area contributed by atoms with E-state index in [0.717, 1.165) is 27.8 Å². The summed E-state index contributed by atoms with van der Waals surface area (Å²) in [5, 5.41) is 12.3. The zero-order valence-electron chi connectivity index (χ0n) is 33.5. The van der Waals surface area contributed by atoms with E-state index in [1.807, 2.05) is 71.0 Å². The number of carbonyl (C=O) groups excluding carboxylic acids is 3. The smallest absolute Gasteiger partial charge is 0.319 e. The van der Waals surface area contributed by atoms with Gasteiger partial charge in [0.2, 0.25) is 7.37 Å². The highest BCUT2D eigenvalue weighted by molar-refractivity contribution is 7.83. The maximum Gasteiger partial charge on any atom is 0.319 e. The highest BCUT2D eigenvalue weighted by Gasteiger charge is 2.38. The van der Waals surface area contributed by atoms with Crippen molar-refractivity contribution in [1.82, 2.24) is 10.6 Å². The molecule has 4 aromatic rings. The zero-order valence-corrected chi connectivity index (χ0v) is 35.3. The molecule has 4 aromatic carbocycles. The molecule has 4 rings (SSSR count). The summed E-state index contributed by atoms with van der Waals surface area (Å²) in [6.07, 6.45) is 0.205. The molecule has 14 heteroatoms. The Morgan fingerprint density at radius 1 is 0.607 bits per heavy atom. The number of nitrogens with one attached hydrogen (secondary N) is 4. The Bertz CT molecular complexity index is 2130. The Kier molecular flexibility index (Phi) is 15.8. The van der Waals surface area contributed by atoms with Gasteiger partial charge in [0.1, 0.15) is 0 Å². The molecule has 0 saturated heterocycles. The van der Waals surface area contributed by atoms with Crippen LogP contribution in [-0.2, 0) is 29.1 Å². The van der Waals surface area contributed by atoms with Crippen LogP contribution in [0.4, 0.5) is 21.0 Å². The molecule has 2 unspecified atom stereocenters. The number of aryl methyl sites for hydroxylation is 4. The van der Waals surface area contributed by atoms with E-state index in [-0.39, 0.29) is 44.6 Å². The quantitative estimate of drug-likeness (QED) is 0.0576. The number of carbonyl (C=O) groups is 3. The Labute approximate surface area is 330 Å². The average Bonchev–Trinajstić information content (AvgIpc) is 3.17. The Morgan fingerprint density at radius 3 is 1.61 bits per heavy atom. The van der Waals surface area contributed by atoms with Gasteiger partial charge in [0.25, 0.3) is 5.52 Å². The fourth-order valence-electron chi connectivity index (χ4n) is 6.75. The van der Waals surface area contributed by atoms with Crippen molar-refractivity contribution in [2.45, 2.75) is 61.6 Å². The van der Waals surface area contributed by atoms with Gasteiger partial charge in [-0.3, -0.25) is 13.9 Å². The van der Waals surface area contributed by atoms with Crippen molar-refractivity contribution in [2.75, 3.05) is 50.2 Å². The van der Waals surface area contributed by atoms with Gasteiger partial charge < -0.3 is 35.1 Å². The molecule has 0 aromatic heterocycles. The molecule has 0 aliphatic rings. The van der Waals surface area contributed by atoms with Crippen molar-refractivity contribution in [3.05, 3.63) is 117 Å². The lowest BCUT2D eigenvalue weighted by molar-refractivity contribution is 0.105. The molecular formula is C42H54N4O8P2. The van der Waals surface area contributed by atoms with Crippen molar-refractivity contribution >= 4 is 54.3 Å². The van der Waals surface area contributed by atoms with Crippen LogP contribution in [0.2, 0.25) is 0 Å². The molecule has 300 valence electrons. The summed E-state index contributed by atoms with van der Waals surface area (Å²) in [6, 6.07) is 20.5. The minimum atomic E-state index is -3.92. The average molecular weight is 805 g/mol. The highest BCUT2D eigenvalue weighted by atomic mass is 31.2. The lowest BCUT2D eigenvalue weighted by Crippen LogP contribution is -2.34.